The van der Waals surface area contributed by atoms with Gasteiger partial charge in [0.25, 0.3) is 10.1 Å². The minimum atomic E-state index is -4.35. The maximum atomic E-state index is 10.7. The molecule has 0 spiro atoms. The van der Waals surface area contributed by atoms with E-state index in [1.54, 1.807) is 0 Å². The van der Waals surface area contributed by atoms with Crippen molar-refractivity contribution in [3.8, 4) is 0 Å². The topological polar surface area (TPSA) is 89.9 Å². The number of ether oxygens (including phenoxy) is 2. The minimum absolute atomic E-state index is 0.157. The number of benzene rings is 1. The van der Waals surface area contributed by atoms with Gasteiger partial charge in [0.15, 0.2) is 6.29 Å². The number of hydrogen-bond acceptors (Lipinski definition) is 5. The van der Waals surface area contributed by atoms with Crippen LogP contribution in [0, 0.1) is 0 Å². The van der Waals surface area contributed by atoms with Gasteiger partial charge in [0.2, 0.25) is 0 Å². The number of carbonyl (C=O) groups excluding carboxylic acids is 1. The summed E-state index contributed by atoms with van der Waals surface area (Å²) >= 11 is 5.51. The second-order valence-corrected chi connectivity index (χ2v) is 5.04. The summed E-state index contributed by atoms with van der Waals surface area (Å²) in [6, 6.07) is 3.51. The van der Waals surface area contributed by atoms with Crippen LogP contribution in [0.4, 0.5) is 0 Å². The number of rotatable bonds is 2. The fourth-order valence-corrected chi connectivity index (χ4v) is 1.97. The SMILES string of the molecule is C1COCO1.O=Cc1cc(Cl)ccc1S(=O)(=O)O. The van der Waals surface area contributed by atoms with E-state index in [1.807, 2.05) is 0 Å². The molecule has 1 aromatic carbocycles. The van der Waals surface area contributed by atoms with Gasteiger partial charge in [0, 0.05) is 10.6 Å². The zero-order valence-corrected chi connectivity index (χ0v) is 10.8. The Balaban J connectivity index is 0.000000269. The highest BCUT2D eigenvalue weighted by atomic mass is 35.5. The molecule has 0 bridgehead atoms. The Labute approximate surface area is 109 Å². The third-order valence-electron chi connectivity index (χ3n) is 1.92. The number of carbonyl (C=O) groups is 1. The third-order valence-corrected chi connectivity index (χ3v) is 3.08. The number of aldehydes is 1. The highest BCUT2D eigenvalue weighted by Crippen LogP contribution is 2.18. The molecule has 0 atom stereocenters. The Morgan fingerprint density at radius 3 is 2.28 bits per heavy atom. The van der Waals surface area contributed by atoms with Crippen LogP contribution in [0.15, 0.2) is 23.1 Å². The maximum absolute atomic E-state index is 10.7. The van der Waals surface area contributed by atoms with Crippen LogP contribution in [0.5, 0.6) is 0 Å². The van der Waals surface area contributed by atoms with Gasteiger partial charge < -0.3 is 9.47 Å². The molecule has 1 aliphatic rings. The van der Waals surface area contributed by atoms with Crippen molar-refractivity contribution in [2.75, 3.05) is 20.0 Å². The zero-order chi connectivity index (χ0) is 13.6. The van der Waals surface area contributed by atoms with Crippen molar-refractivity contribution in [3.05, 3.63) is 28.8 Å². The molecule has 1 heterocycles. The first-order valence-corrected chi connectivity index (χ1v) is 6.64. The molecule has 6 nitrogen and oxygen atoms in total. The average molecular weight is 295 g/mol. The molecule has 18 heavy (non-hydrogen) atoms. The predicted octanol–water partition coefficient (Wildman–Crippen LogP) is 1.39. The van der Waals surface area contributed by atoms with E-state index in [2.05, 4.69) is 0 Å². The fraction of sp³-hybridized carbons (Fsp3) is 0.300. The molecule has 8 heteroatoms. The number of hydrogen-bond donors (Lipinski definition) is 1. The van der Waals surface area contributed by atoms with Gasteiger partial charge in [-0.2, -0.15) is 8.42 Å². The monoisotopic (exact) mass is 294 g/mol. The zero-order valence-electron chi connectivity index (χ0n) is 9.21. The summed E-state index contributed by atoms with van der Waals surface area (Å²) in [7, 11) is -4.35. The van der Waals surface area contributed by atoms with Crippen LogP contribution >= 0.6 is 11.6 Å². The van der Waals surface area contributed by atoms with Crippen LogP contribution in [0.1, 0.15) is 10.4 Å². The summed E-state index contributed by atoms with van der Waals surface area (Å²) in [4.78, 5) is 9.95. The van der Waals surface area contributed by atoms with E-state index in [-0.39, 0.29) is 10.6 Å². The lowest BCUT2D eigenvalue weighted by molar-refractivity contribution is 0.0692. The molecule has 0 radical (unpaired) electrons. The molecular formula is C10H11ClO6S. The van der Waals surface area contributed by atoms with E-state index in [1.165, 1.54) is 6.07 Å². The average Bonchev–Trinajstić information content (AvgIpc) is 2.85. The first-order valence-electron chi connectivity index (χ1n) is 4.83. The van der Waals surface area contributed by atoms with Gasteiger partial charge in [0.1, 0.15) is 11.7 Å². The van der Waals surface area contributed by atoms with E-state index >= 15 is 0 Å². The van der Waals surface area contributed by atoms with Crippen molar-refractivity contribution in [3.63, 3.8) is 0 Å². The summed E-state index contributed by atoms with van der Waals surface area (Å²) in [5, 5.41) is 0.231. The molecule has 0 aliphatic carbocycles. The molecule has 1 fully saturated rings. The molecule has 0 amide bonds. The Morgan fingerprint density at radius 1 is 1.28 bits per heavy atom. The first kappa shape index (κ1) is 15.1. The summed E-state index contributed by atoms with van der Waals surface area (Å²) < 4.78 is 39.5. The van der Waals surface area contributed by atoms with Crippen molar-refractivity contribution in [2.45, 2.75) is 4.90 Å². The minimum Gasteiger partial charge on any atom is -0.353 e. The van der Waals surface area contributed by atoms with Gasteiger partial charge in [-0.25, -0.2) is 0 Å². The Bertz CT molecular complexity index is 501. The summed E-state index contributed by atoms with van der Waals surface area (Å²) in [6.45, 7) is 2.06. The van der Waals surface area contributed by atoms with Crippen molar-refractivity contribution in [1.29, 1.82) is 0 Å². The van der Waals surface area contributed by atoms with Crippen LogP contribution in [0.25, 0.3) is 0 Å². The Morgan fingerprint density at radius 2 is 1.89 bits per heavy atom. The molecule has 1 aliphatic heterocycles. The van der Waals surface area contributed by atoms with Crippen molar-refractivity contribution >= 4 is 28.0 Å². The molecule has 100 valence electrons. The largest absolute Gasteiger partial charge is 0.353 e. The summed E-state index contributed by atoms with van der Waals surface area (Å²) in [5.74, 6) is 0. The smallest absolute Gasteiger partial charge is 0.295 e. The maximum Gasteiger partial charge on any atom is 0.295 e. The molecule has 1 saturated heterocycles. The highest BCUT2D eigenvalue weighted by Gasteiger charge is 2.14. The Hall–Kier alpha value is -0.990. The first-order chi connectivity index (χ1) is 8.45. The molecule has 2 rings (SSSR count). The summed E-state index contributed by atoms with van der Waals surface area (Å²) in [5.41, 5.74) is -0.157. The van der Waals surface area contributed by atoms with Crippen LogP contribution in [-0.4, -0.2) is 39.3 Å². The van der Waals surface area contributed by atoms with Crippen LogP contribution in [0.2, 0.25) is 5.02 Å². The van der Waals surface area contributed by atoms with Crippen molar-refractivity contribution in [2.24, 2.45) is 0 Å². The van der Waals surface area contributed by atoms with Gasteiger partial charge in [-0.3, -0.25) is 9.35 Å². The van der Waals surface area contributed by atoms with E-state index in [0.717, 1.165) is 25.3 Å². The fourth-order valence-electron chi connectivity index (χ4n) is 1.14. The van der Waals surface area contributed by atoms with Gasteiger partial charge >= 0.3 is 0 Å². The molecular weight excluding hydrogens is 284 g/mol. The lowest BCUT2D eigenvalue weighted by atomic mass is 10.2. The van der Waals surface area contributed by atoms with Crippen LogP contribution < -0.4 is 0 Å². The second-order valence-electron chi connectivity index (χ2n) is 3.21. The van der Waals surface area contributed by atoms with Gasteiger partial charge in [0.05, 0.1) is 13.2 Å². The van der Waals surface area contributed by atoms with E-state index < -0.39 is 15.0 Å². The number of halogens is 1. The molecule has 1 aromatic rings. The quantitative estimate of drug-likeness (QED) is 0.655. The molecule has 0 aromatic heterocycles. The van der Waals surface area contributed by atoms with E-state index in [4.69, 9.17) is 25.6 Å². The Kier molecular flexibility index (Phi) is 5.70. The van der Waals surface area contributed by atoms with Gasteiger partial charge in [-0.05, 0) is 18.2 Å². The second kappa shape index (κ2) is 6.81. The molecule has 0 saturated carbocycles. The van der Waals surface area contributed by atoms with E-state index in [9.17, 15) is 13.2 Å². The van der Waals surface area contributed by atoms with Gasteiger partial charge in [-0.15, -0.1) is 0 Å². The van der Waals surface area contributed by atoms with Crippen molar-refractivity contribution in [1.82, 2.24) is 0 Å². The third kappa shape index (κ3) is 4.71. The molecule has 1 N–H and O–H groups in total. The van der Waals surface area contributed by atoms with E-state index in [0.29, 0.717) is 13.1 Å². The highest BCUT2D eigenvalue weighted by molar-refractivity contribution is 7.86. The lowest BCUT2D eigenvalue weighted by Gasteiger charge is -2.00. The summed E-state index contributed by atoms with van der Waals surface area (Å²) in [6.07, 6.45) is 0.314. The standard InChI is InChI=1S/C7H5ClO4S.C3H6O2/c8-6-1-2-7(13(10,11)12)5(3-6)4-9;1-2-5-3-4-1/h1-4H,(H,10,11,12);1-3H2. The van der Waals surface area contributed by atoms with Crippen LogP contribution in [-0.2, 0) is 19.6 Å². The lowest BCUT2D eigenvalue weighted by Crippen LogP contribution is -2.02. The van der Waals surface area contributed by atoms with Crippen molar-refractivity contribution < 1.29 is 27.2 Å². The van der Waals surface area contributed by atoms with Crippen LogP contribution in [0.3, 0.4) is 0 Å². The molecule has 0 unspecified atom stereocenters. The van der Waals surface area contributed by atoms with Gasteiger partial charge in [-0.1, -0.05) is 11.6 Å². The predicted molar refractivity (Wildman–Crippen MR) is 63.4 cm³/mol. The normalized spacial score (nSPS) is 14.8.